The minimum Gasteiger partial charge on any atom is -0.469 e. The lowest BCUT2D eigenvalue weighted by Crippen LogP contribution is -2.48. The molecule has 1 saturated heterocycles. The van der Waals surface area contributed by atoms with Gasteiger partial charge in [-0.3, -0.25) is 9.59 Å². The number of thioether (sulfide) groups is 1. The van der Waals surface area contributed by atoms with E-state index >= 15 is 0 Å². The Hall–Kier alpha value is -2.16. The number of benzene rings is 1. The number of esters is 1. The smallest absolute Gasteiger partial charge is 0.305 e. The highest BCUT2D eigenvalue weighted by atomic mass is 32.2. The maximum Gasteiger partial charge on any atom is 0.305 e. The minimum absolute atomic E-state index is 0.200. The number of nitrogens with zero attached hydrogens (tertiary/aromatic N) is 1. The van der Waals surface area contributed by atoms with E-state index in [1.165, 1.54) is 31.0 Å². The molecule has 6 nitrogen and oxygen atoms in total. The molecule has 9 heteroatoms. The van der Waals surface area contributed by atoms with E-state index in [-0.39, 0.29) is 30.4 Å². The molecule has 0 aromatic heterocycles. The van der Waals surface area contributed by atoms with Crippen molar-refractivity contribution in [3.05, 3.63) is 35.4 Å². The predicted octanol–water partition coefficient (Wildman–Crippen LogP) is 2.22. The Morgan fingerprint density at radius 3 is 2.81 bits per heavy atom. The van der Waals surface area contributed by atoms with Gasteiger partial charge >= 0.3 is 5.97 Å². The van der Waals surface area contributed by atoms with Gasteiger partial charge in [-0.1, -0.05) is 5.16 Å². The van der Waals surface area contributed by atoms with E-state index in [2.05, 4.69) is 15.2 Å². The average Bonchev–Trinajstić information content (AvgIpc) is 3.17. The average molecular weight is 384 g/mol. The third-order valence-electron chi connectivity index (χ3n) is 4.34. The Morgan fingerprint density at radius 2 is 2.12 bits per heavy atom. The van der Waals surface area contributed by atoms with Crippen molar-refractivity contribution in [2.75, 3.05) is 19.4 Å². The second-order valence-electron chi connectivity index (χ2n) is 6.02. The van der Waals surface area contributed by atoms with Crippen LogP contribution in [0.4, 0.5) is 8.78 Å². The van der Waals surface area contributed by atoms with Crippen molar-refractivity contribution in [3.63, 3.8) is 0 Å². The Balaban J connectivity index is 1.69. The molecule has 1 N–H and O–H groups in total. The normalized spacial score (nSPS) is 23.8. The second kappa shape index (κ2) is 7.61. The molecule has 26 heavy (non-hydrogen) atoms. The van der Waals surface area contributed by atoms with E-state index in [1.807, 2.05) is 0 Å². The van der Waals surface area contributed by atoms with Crippen LogP contribution in [0.3, 0.4) is 0 Å². The lowest BCUT2D eigenvalue weighted by molar-refractivity contribution is -0.141. The Kier molecular flexibility index (Phi) is 5.45. The number of rotatable bonds is 6. The van der Waals surface area contributed by atoms with Crippen molar-refractivity contribution in [1.82, 2.24) is 5.32 Å². The molecule has 1 fully saturated rings. The minimum atomic E-state index is -1.23. The first-order valence-electron chi connectivity index (χ1n) is 8.18. The zero-order valence-corrected chi connectivity index (χ0v) is 14.9. The van der Waals surface area contributed by atoms with E-state index in [0.717, 1.165) is 6.07 Å². The van der Waals surface area contributed by atoms with Gasteiger partial charge < -0.3 is 14.9 Å². The third-order valence-corrected chi connectivity index (χ3v) is 5.75. The fraction of sp³-hybridized carbons (Fsp3) is 0.471. The first kappa shape index (κ1) is 18.6. The van der Waals surface area contributed by atoms with Gasteiger partial charge in [-0.05, 0) is 30.7 Å². The maximum absolute atomic E-state index is 13.5. The summed E-state index contributed by atoms with van der Waals surface area (Å²) in [4.78, 5) is 28.0. The molecule has 1 aromatic rings. The summed E-state index contributed by atoms with van der Waals surface area (Å²) < 4.78 is 31.6. The van der Waals surface area contributed by atoms with Crippen molar-refractivity contribution in [2.45, 2.75) is 24.2 Å². The molecule has 2 aliphatic rings. The van der Waals surface area contributed by atoms with Crippen LogP contribution in [0.1, 0.15) is 24.8 Å². The number of oxime groups is 1. The molecule has 2 unspecified atom stereocenters. The van der Waals surface area contributed by atoms with Crippen molar-refractivity contribution in [1.29, 1.82) is 0 Å². The number of methoxy groups -OCH3 is 1. The molecule has 0 spiro atoms. The fourth-order valence-electron chi connectivity index (χ4n) is 3.09. The number of amides is 1. The SMILES string of the molecule is COC(=O)CCCNC(=O)C12ON=C(c3cc(F)cc(F)c3)C1CCS2. The Labute approximate surface area is 153 Å². The van der Waals surface area contributed by atoms with Gasteiger partial charge in [-0.2, -0.15) is 0 Å². The number of nitrogens with one attached hydrogen (secondary N) is 1. The van der Waals surface area contributed by atoms with Gasteiger partial charge in [-0.15, -0.1) is 11.8 Å². The van der Waals surface area contributed by atoms with Crippen LogP contribution in [0.15, 0.2) is 23.4 Å². The van der Waals surface area contributed by atoms with Crippen molar-refractivity contribution >= 4 is 29.4 Å². The first-order valence-corrected chi connectivity index (χ1v) is 9.16. The zero-order chi connectivity index (χ0) is 18.7. The van der Waals surface area contributed by atoms with Gasteiger partial charge in [0, 0.05) is 24.6 Å². The molecule has 0 aliphatic carbocycles. The molecule has 140 valence electrons. The standard InChI is InChI=1S/C17H18F2N2O4S/c1-24-14(22)3-2-5-20-16(23)17-13(4-6-26-17)15(21-25-17)10-7-11(18)9-12(19)8-10/h7-9,13H,2-6H2,1H3,(H,20,23). The van der Waals surface area contributed by atoms with Crippen molar-refractivity contribution < 1.29 is 27.9 Å². The van der Waals surface area contributed by atoms with Crippen LogP contribution in [0.2, 0.25) is 0 Å². The number of ether oxygens (including phenoxy) is 1. The number of halogens is 2. The molecule has 0 saturated carbocycles. The van der Waals surface area contributed by atoms with Crippen molar-refractivity contribution in [2.24, 2.45) is 11.1 Å². The third kappa shape index (κ3) is 3.53. The van der Waals surface area contributed by atoms with E-state index in [4.69, 9.17) is 4.84 Å². The summed E-state index contributed by atoms with van der Waals surface area (Å²) in [7, 11) is 1.31. The molecule has 2 heterocycles. The van der Waals surface area contributed by atoms with Crippen molar-refractivity contribution in [3.8, 4) is 0 Å². The van der Waals surface area contributed by atoms with Crippen LogP contribution in [0.25, 0.3) is 0 Å². The molecule has 1 amide bonds. The van der Waals surface area contributed by atoms with Crippen LogP contribution in [-0.4, -0.2) is 41.9 Å². The van der Waals surface area contributed by atoms with Gasteiger partial charge in [-0.25, -0.2) is 8.78 Å². The quantitative estimate of drug-likeness (QED) is 0.601. The fourth-order valence-corrected chi connectivity index (χ4v) is 4.47. The lowest BCUT2D eigenvalue weighted by atomic mass is 9.89. The predicted molar refractivity (Wildman–Crippen MR) is 91.5 cm³/mol. The molecule has 0 radical (unpaired) electrons. The van der Waals surface area contributed by atoms with Gasteiger partial charge in [0.1, 0.15) is 11.6 Å². The van der Waals surface area contributed by atoms with Gasteiger partial charge in [0.25, 0.3) is 10.8 Å². The molecule has 0 bridgehead atoms. The van der Waals surface area contributed by atoms with Crippen LogP contribution < -0.4 is 5.32 Å². The summed E-state index contributed by atoms with van der Waals surface area (Å²) in [5, 5.41) is 6.71. The second-order valence-corrected chi connectivity index (χ2v) is 7.32. The highest BCUT2D eigenvalue weighted by Crippen LogP contribution is 2.49. The van der Waals surface area contributed by atoms with Gasteiger partial charge in [0.15, 0.2) is 0 Å². The molecule has 2 atom stereocenters. The van der Waals surface area contributed by atoms with Crippen LogP contribution in [0, 0.1) is 17.6 Å². The monoisotopic (exact) mass is 384 g/mol. The van der Waals surface area contributed by atoms with Crippen LogP contribution in [0.5, 0.6) is 0 Å². The maximum atomic E-state index is 13.5. The summed E-state index contributed by atoms with van der Waals surface area (Å²) in [6.45, 7) is 0.288. The zero-order valence-electron chi connectivity index (χ0n) is 14.1. The molecular formula is C17H18F2N2O4S. The Bertz CT molecular complexity index is 738. The summed E-state index contributed by atoms with van der Waals surface area (Å²) in [6.07, 6.45) is 1.25. The first-order chi connectivity index (χ1) is 12.5. The Morgan fingerprint density at radius 1 is 1.38 bits per heavy atom. The summed E-state index contributed by atoms with van der Waals surface area (Å²) in [5.74, 6) is -1.85. The van der Waals surface area contributed by atoms with E-state index in [1.54, 1.807) is 0 Å². The van der Waals surface area contributed by atoms with E-state index < -0.39 is 22.5 Å². The number of carbonyl (C=O) groups excluding carboxylic acids is 2. The molecule has 3 rings (SSSR count). The molecule has 1 aromatic carbocycles. The number of carbonyl (C=O) groups is 2. The van der Waals surface area contributed by atoms with Gasteiger partial charge in [0.2, 0.25) is 0 Å². The number of hydrogen-bond acceptors (Lipinski definition) is 6. The lowest BCUT2D eigenvalue weighted by Gasteiger charge is -2.24. The number of hydrogen-bond donors (Lipinski definition) is 1. The summed E-state index contributed by atoms with van der Waals surface area (Å²) in [6, 6.07) is 3.14. The van der Waals surface area contributed by atoms with Crippen LogP contribution in [-0.2, 0) is 19.2 Å². The summed E-state index contributed by atoms with van der Waals surface area (Å²) >= 11 is 1.32. The van der Waals surface area contributed by atoms with Crippen LogP contribution >= 0.6 is 11.8 Å². The highest BCUT2D eigenvalue weighted by Gasteiger charge is 2.58. The molecular weight excluding hydrogens is 366 g/mol. The largest absolute Gasteiger partial charge is 0.469 e. The number of fused-ring (bicyclic) bond motifs is 1. The highest BCUT2D eigenvalue weighted by molar-refractivity contribution is 8.01. The molecule has 2 aliphatic heterocycles. The van der Waals surface area contributed by atoms with E-state index in [0.29, 0.717) is 24.3 Å². The van der Waals surface area contributed by atoms with E-state index in [9.17, 15) is 18.4 Å². The summed E-state index contributed by atoms with van der Waals surface area (Å²) in [5.41, 5.74) is 0.647. The topological polar surface area (TPSA) is 77.0 Å². The van der Waals surface area contributed by atoms with Gasteiger partial charge in [0.05, 0.1) is 18.7 Å².